The van der Waals surface area contributed by atoms with E-state index in [9.17, 15) is 0 Å². The molecule has 0 spiro atoms. The van der Waals surface area contributed by atoms with Gasteiger partial charge in [-0.25, -0.2) is 0 Å². The van der Waals surface area contributed by atoms with Crippen LogP contribution in [0.3, 0.4) is 0 Å². The highest BCUT2D eigenvalue weighted by molar-refractivity contribution is 7.42. The molecule has 3 N–H and O–H groups in total. The van der Waals surface area contributed by atoms with Gasteiger partial charge in [0.05, 0.1) is 0 Å². The van der Waals surface area contributed by atoms with Crippen LogP contribution in [0.1, 0.15) is 6.92 Å². The predicted molar refractivity (Wildman–Crippen MR) is 45.8 cm³/mol. The SMILES string of the molecule is C=[P+]([O-])O.C=[P+]([O-])O.CC(=O)O. The molecule has 0 saturated carbocycles. The Kier molecular flexibility index (Phi) is 19.5. The molecule has 0 heterocycles. The molecule has 0 saturated heterocycles. The molecule has 0 aliphatic heterocycles. The zero-order chi connectivity index (χ0) is 10.7. The highest BCUT2D eigenvalue weighted by Crippen LogP contribution is 1.88. The number of rotatable bonds is 0. The molecular weight excluding hydrogens is 206 g/mol. The third-order valence-electron chi connectivity index (χ3n) is 0. The van der Waals surface area contributed by atoms with Crippen LogP contribution in [0.2, 0.25) is 0 Å². The van der Waals surface area contributed by atoms with Gasteiger partial charge in [-0.2, -0.15) is 9.79 Å². The molecule has 2 unspecified atom stereocenters. The van der Waals surface area contributed by atoms with Crippen LogP contribution >= 0.6 is 16.0 Å². The summed E-state index contributed by atoms with van der Waals surface area (Å²) in [5.74, 6) is -0.833. The lowest BCUT2D eigenvalue weighted by molar-refractivity contribution is -0.168. The Morgan fingerprint density at radius 1 is 1.25 bits per heavy atom. The Morgan fingerprint density at radius 2 is 1.25 bits per heavy atom. The summed E-state index contributed by atoms with van der Waals surface area (Å²) in [7, 11) is -4.24. The minimum atomic E-state index is -2.12. The van der Waals surface area contributed by atoms with E-state index in [2.05, 4.69) is 12.6 Å². The van der Waals surface area contributed by atoms with Crippen LogP contribution in [0.5, 0.6) is 0 Å². The molecule has 0 rings (SSSR count). The molecular formula is C4H10O6P2. The smallest absolute Gasteiger partial charge is 0.300 e. The predicted octanol–water partition coefficient (Wildman–Crippen LogP) is -1.74. The maximum Gasteiger partial charge on any atom is 0.300 e. The van der Waals surface area contributed by atoms with E-state index in [0.717, 1.165) is 6.92 Å². The molecule has 8 heteroatoms. The van der Waals surface area contributed by atoms with Crippen LogP contribution in [-0.4, -0.2) is 33.5 Å². The van der Waals surface area contributed by atoms with Crippen LogP contribution in [0.25, 0.3) is 0 Å². The third-order valence-corrected chi connectivity index (χ3v) is 0. The molecule has 6 nitrogen and oxygen atoms in total. The third kappa shape index (κ3) is 5890. The van der Waals surface area contributed by atoms with Gasteiger partial charge in [0, 0.05) is 6.92 Å². The van der Waals surface area contributed by atoms with Crippen molar-refractivity contribution in [2.24, 2.45) is 0 Å². The lowest BCUT2D eigenvalue weighted by Gasteiger charge is -1.68. The van der Waals surface area contributed by atoms with Crippen molar-refractivity contribution in [2.45, 2.75) is 6.92 Å². The summed E-state index contributed by atoms with van der Waals surface area (Å²) >= 11 is 0. The summed E-state index contributed by atoms with van der Waals surface area (Å²) in [6.45, 7) is 1.08. The van der Waals surface area contributed by atoms with Gasteiger partial charge in [-0.1, -0.05) is 0 Å². The number of hydrogen-bond acceptors (Lipinski definition) is 5. The number of carboxylic acid groups (broad SMARTS) is 1. The summed E-state index contributed by atoms with van der Waals surface area (Å²) in [5.41, 5.74) is 0. The van der Waals surface area contributed by atoms with E-state index >= 15 is 0 Å². The molecule has 0 amide bonds. The van der Waals surface area contributed by atoms with Gasteiger partial charge in [-0.15, -0.1) is 0 Å². The number of hydrogen-bond donors (Lipinski definition) is 3. The topological polar surface area (TPSA) is 124 Å². The van der Waals surface area contributed by atoms with Crippen LogP contribution in [0.15, 0.2) is 0 Å². The molecule has 0 aliphatic carbocycles. The summed E-state index contributed by atoms with van der Waals surface area (Å²) in [6.07, 6.45) is 5.41. The zero-order valence-corrected chi connectivity index (χ0v) is 8.16. The van der Waals surface area contributed by atoms with Crippen molar-refractivity contribution in [1.29, 1.82) is 0 Å². The van der Waals surface area contributed by atoms with E-state index in [4.69, 9.17) is 29.5 Å². The molecule has 2 atom stereocenters. The Morgan fingerprint density at radius 3 is 1.25 bits per heavy atom. The first-order chi connectivity index (χ1) is 5.20. The van der Waals surface area contributed by atoms with E-state index in [1.807, 2.05) is 0 Å². The molecule has 0 fully saturated rings. The first-order valence-corrected chi connectivity index (χ1v) is 5.12. The summed E-state index contributed by atoms with van der Waals surface area (Å²) in [6, 6.07) is 0. The van der Waals surface area contributed by atoms with Gasteiger partial charge in [-0.05, 0) is 0 Å². The average molecular weight is 216 g/mol. The quantitative estimate of drug-likeness (QED) is 0.413. The Bertz CT molecular complexity index is 115. The summed E-state index contributed by atoms with van der Waals surface area (Å²) < 4.78 is 0. The molecule has 72 valence electrons. The van der Waals surface area contributed by atoms with Gasteiger partial charge in [0.2, 0.25) is 16.0 Å². The normalized spacial score (nSPS) is 9.42. The molecule has 0 radical (unpaired) electrons. The second-order valence-corrected chi connectivity index (χ2v) is 2.63. The van der Waals surface area contributed by atoms with Gasteiger partial charge in [-0.3, -0.25) is 4.79 Å². The second-order valence-electron chi connectivity index (χ2n) is 1.22. The first kappa shape index (κ1) is 17.7. The van der Waals surface area contributed by atoms with Crippen LogP contribution in [0, 0.1) is 0 Å². The van der Waals surface area contributed by atoms with Crippen LogP contribution in [0.4, 0.5) is 0 Å². The summed E-state index contributed by atoms with van der Waals surface area (Å²) in [5, 5.41) is 7.42. The zero-order valence-electron chi connectivity index (χ0n) is 6.38. The molecule has 0 aliphatic rings. The standard InChI is InChI=1S/C2H4O2.2CH3O2P/c1-2(3)4;2*1-4(2)3/h1H3,(H,3,4);2*1H2,(H,2,3). The lowest BCUT2D eigenvalue weighted by Crippen LogP contribution is -1.79. The number of carboxylic acids is 1. The highest BCUT2D eigenvalue weighted by Gasteiger charge is 1.65. The van der Waals surface area contributed by atoms with Crippen molar-refractivity contribution < 1.29 is 29.5 Å². The summed E-state index contributed by atoms with van der Waals surface area (Å²) in [4.78, 5) is 42.0. The van der Waals surface area contributed by atoms with E-state index in [-0.39, 0.29) is 0 Å². The van der Waals surface area contributed by atoms with Gasteiger partial charge in [0.15, 0.2) is 0 Å². The Labute approximate surface area is 71.8 Å². The lowest BCUT2D eigenvalue weighted by atomic mass is 10.9. The van der Waals surface area contributed by atoms with Gasteiger partial charge in [0.1, 0.15) is 12.6 Å². The number of aliphatic carboxylic acids is 1. The van der Waals surface area contributed by atoms with Crippen molar-refractivity contribution in [3.05, 3.63) is 0 Å². The minimum Gasteiger partial charge on any atom is -0.604 e. The van der Waals surface area contributed by atoms with E-state index in [0.29, 0.717) is 0 Å². The van der Waals surface area contributed by atoms with Crippen molar-refractivity contribution in [2.75, 3.05) is 0 Å². The van der Waals surface area contributed by atoms with Gasteiger partial charge >= 0.3 is 0 Å². The fourth-order valence-electron chi connectivity index (χ4n) is 0. The van der Waals surface area contributed by atoms with Crippen molar-refractivity contribution in [3.63, 3.8) is 0 Å². The fourth-order valence-corrected chi connectivity index (χ4v) is 0. The van der Waals surface area contributed by atoms with E-state index < -0.39 is 22.0 Å². The maximum absolute atomic E-state index is 9.04. The molecule has 0 bridgehead atoms. The van der Waals surface area contributed by atoms with Crippen molar-refractivity contribution >= 4 is 34.6 Å². The van der Waals surface area contributed by atoms with Gasteiger partial charge in [0.25, 0.3) is 5.97 Å². The first-order valence-electron chi connectivity index (χ1n) is 2.33. The monoisotopic (exact) mass is 216 g/mol. The average Bonchev–Trinajstić information content (AvgIpc) is 1.54. The van der Waals surface area contributed by atoms with Crippen molar-refractivity contribution in [3.8, 4) is 0 Å². The van der Waals surface area contributed by atoms with E-state index in [1.165, 1.54) is 0 Å². The largest absolute Gasteiger partial charge is 0.604 e. The van der Waals surface area contributed by atoms with Crippen LogP contribution in [-0.2, 0) is 4.79 Å². The van der Waals surface area contributed by atoms with Gasteiger partial charge < -0.3 is 14.9 Å². The molecule has 0 aromatic carbocycles. The maximum atomic E-state index is 9.04. The van der Waals surface area contributed by atoms with E-state index in [1.54, 1.807) is 0 Å². The second kappa shape index (κ2) is 13.3. The number of carbonyl (C=O) groups is 1. The van der Waals surface area contributed by atoms with Crippen molar-refractivity contribution in [1.82, 2.24) is 0 Å². The fraction of sp³-hybridized carbons (Fsp3) is 0.250. The highest BCUT2D eigenvalue weighted by atomic mass is 31.1. The minimum absolute atomic E-state index is 0.833. The Balaban J connectivity index is -0.000000101. The molecule has 12 heavy (non-hydrogen) atoms. The molecule has 0 aromatic rings. The molecule has 0 aromatic heterocycles. The Hall–Kier alpha value is -0.350. The van der Waals surface area contributed by atoms with Crippen LogP contribution < -0.4 is 9.79 Å².